The molecule has 2 heterocycles. The van der Waals surface area contributed by atoms with Gasteiger partial charge in [0.05, 0.1) is 0 Å². The summed E-state index contributed by atoms with van der Waals surface area (Å²) in [6.07, 6.45) is 2.16. The molecular formula is C12H17N3O2. The molecule has 92 valence electrons. The number of nitrogens with one attached hydrogen (secondary N) is 3. The number of H-pyrrole nitrogens is 1. The smallest absolute Gasteiger partial charge is 0.267 e. The lowest BCUT2D eigenvalue weighted by atomic mass is 10.1. The van der Waals surface area contributed by atoms with Crippen molar-refractivity contribution in [3.05, 3.63) is 34.2 Å². The Morgan fingerprint density at radius 3 is 3.06 bits per heavy atom. The fourth-order valence-corrected chi connectivity index (χ4v) is 2.03. The molecule has 0 saturated carbocycles. The van der Waals surface area contributed by atoms with Gasteiger partial charge in [-0.25, -0.2) is 0 Å². The predicted octanol–water partition coefficient (Wildman–Crippen LogP) is 0.104. The summed E-state index contributed by atoms with van der Waals surface area (Å²) in [6.45, 7) is 2.77. The third kappa shape index (κ3) is 3.42. The average Bonchev–Trinajstić information content (AvgIpc) is 2.82. The third-order valence-corrected chi connectivity index (χ3v) is 3.01. The van der Waals surface area contributed by atoms with Gasteiger partial charge in [-0.05, 0) is 37.9 Å². The highest BCUT2D eigenvalue weighted by molar-refractivity contribution is 5.92. The van der Waals surface area contributed by atoms with Crippen LogP contribution in [0.2, 0.25) is 0 Å². The lowest BCUT2D eigenvalue weighted by Crippen LogP contribution is -2.28. The van der Waals surface area contributed by atoms with Gasteiger partial charge < -0.3 is 15.6 Å². The van der Waals surface area contributed by atoms with Crippen LogP contribution in [0.25, 0.3) is 0 Å². The molecule has 1 saturated heterocycles. The zero-order valence-corrected chi connectivity index (χ0v) is 9.66. The van der Waals surface area contributed by atoms with Gasteiger partial charge in [-0.15, -0.1) is 0 Å². The van der Waals surface area contributed by atoms with Gasteiger partial charge in [-0.2, -0.15) is 0 Å². The maximum Gasteiger partial charge on any atom is 0.267 e. The number of carbonyl (C=O) groups is 1. The fourth-order valence-electron chi connectivity index (χ4n) is 2.03. The molecule has 1 atom stereocenters. The van der Waals surface area contributed by atoms with Crippen LogP contribution in [0, 0.1) is 5.92 Å². The number of hydrogen-bond acceptors (Lipinski definition) is 3. The minimum atomic E-state index is -0.252. The Morgan fingerprint density at radius 1 is 1.47 bits per heavy atom. The first-order chi connectivity index (χ1) is 8.25. The number of pyridine rings is 1. The van der Waals surface area contributed by atoms with E-state index in [1.807, 2.05) is 0 Å². The average molecular weight is 235 g/mol. The van der Waals surface area contributed by atoms with Gasteiger partial charge in [0.1, 0.15) is 5.69 Å². The third-order valence-electron chi connectivity index (χ3n) is 3.01. The maximum absolute atomic E-state index is 11.7. The summed E-state index contributed by atoms with van der Waals surface area (Å²) < 4.78 is 0. The largest absolute Gasteiger partial charge is 0.351 e. The van der Waals surface area contributed by atoms with Crippen molar-refractivity contribution >= 4 is 5.91 Å². The first-order valence-corrected chi connectivity index (χ1v) is 5.94. The number of rotatable bonds is 4. The van der Waals surface area contributed by atoms with Crippen LogP contribution in [-0.2, 0) is 0 Å². The van der Waals surface area contributed by atoms with E-state index in [-0.39, 0.29) is 11.5 Å². The zero-order valence-electron chi connectivity index (χ0n) is 9.66. The van der Waals surface area contributed by atoms with Crippen molar-refractivity contribution in [3.63, 3.8) is 0 Å². The zero-order chi connectivity index (χ0) is 12.1. The van der Waals surface area contributed by atoms with E-state index in [0.29, 0.717) is 18.2 Å². The molecular weight excluding hydrogens is 218 g/mol. The van der Waals surface area contributed by atoms with Crippen LogP contribution >= 0.6 is 0 Å². The molecule has 1 aromatic heterocycles. The van der Waals surface area contributed by atoms with Crippen molar-refractivity contribution in [1.82, 2.24) is 15.6 Å². The van der Waals surface area contributed by atoms with Crippen LogP contribution in [-0.4, -0.2) is 30.5 Å². The number of carbonyl (C=O) groups excluding carboxylic acids is 1. The Kier molecular flexibility index (Phi) is 3.93. The maximum atomic E-state index is 11.7. The molecule has 1 aliphatic heterocycles. The van der Waals surface area contributed by atoms with Crippen molar-refractivity contribution in [2.75, 3.05) is 19.6 Å². The monoisotopic (exact) mass is 235 g/mol. The van der Waals surface area contributed by atoms with E-state index in [0.717, 1.165) is 19.5 Å². The van der Waals surface area contributed by atoms with Crippen molar-refractivity contribution in [3.8, 4) is 0 Å². The van der Waals surface area contributed by atoms with Gasteiger partial charge in [0.2, 0.25) is 5.56 Å². The summed E-state index contributed by atoms with van der Waals surface area (Å²) in [5.74, 6) is 0.443. The summed E-state index contributed by atoms with van der Waals surface area (Å²) >= 11 is 0. The van der Waals surface area contributed by atoms with Crippen molar-refractivity contribution in [1.29, 1.82) is 0 Å². The van der Waals surface area contributed by atoms with Gasteiger partial charge in [0, 0.05) is 12.6 Å². The minimum absolute atomic E-state index is 0.214. The van der Waals surface area contributed by atoms with E-state index >= 15 is 0 Å². The normalized spacial score (nSPS) is 19.2. The molecule has 5 heteroatoms. The van der Waals surface area contributed by atoms with Crippen LogP contribution in [0.15, 0.2) is 23.0 Å². The predicted molar refractivity (Wildman–Crippen MR) is 65.0 cm³/mol. The second-order valence-corrected chi connectivity index (χ2v) is 4.33. The molecule has 3 N–H and O–H groups in total. The van der Waals surface area contributed by atoms with E-state index < -0.39 is 0 Å². The lowest BCUT2D eigenvalue weighted by Gasteiger charge is -2.09. The van der Waals surface area contributed by atoms with E-state index in [1.54, 1.807) is 12.1 Å². The topological polar surface area (TPSA) is 74.0 Å². The molecule has 1 aromatic rings. The summed E-state index contributed by atoms with van der Waals surface area (Å²) in [6, 6.07) is 4.57. The number of aromatic amines is 1. The van der Waals surface area contributed by atoms with Crippen molar-refractivity contribution < 1.29 is 4.79 Å². The molecule has 1 fully saturated rings. The van der Waals surface area contributed by atoms with Crippen LogP contribution in [0.5, 0.6) is 0 Å². The SMILES string of the molecule is O=C(NCCC1CCNC1)c1cccc(=O)[nH]1. The lowest BCUT2D eigenvalue weighted by molar-refractivity contribution is 0.0946. The van der Waals surface area contributed by atoms with Crippen LogP contribution in [0.4, 0.5) is 0 Å². The highest BCUT2D eigenvalue weighted by atomic mass is 16.2. The summed E-state index contributed by atoms with van der Waals surface area (Å²) in [4.78, 5) is 25.2. The van der Waals surface area contributed by atoms with E-state index in [4.69, 9.17) is 0 Å². The minimum Gasteiger partial charge on any atom is -0.351 e. The fraction of sp³-hybridized carbons (Fsp3) is 0.500. The van der Waals surface area contributed by atoms with E-state index in [2.05, 4.69) is 15.6 Å². The van der Waals surface area contributed by atoms with Gasteiger partial charge in [0.25, 0.3) is 5.91 Å². The Balaban J connectivity index is 1.79. The molecule has 5 nitrogen and oxygen atoms in total. The molecule has 1 unspecified atom stereocenters. The standard InChI is InChI=1S/C12H17N3O2/c16-11-3-1-2-10(15-11)12(17)14-7-5-9-4-6-13-8-9/h1-3,9,13H,4-8H2,(H,14,17)(H,15,16). The first-order valence-electron chi connectivity index (χ1n) is 5.94. The molecule has 0 spiro atoms. The number of hydrogen-bond donors (Lipinski definition) is 3. The van der Waals surface area contributed by atoms with Crippen LogP contribution in [0.1, 0.15) is 23.3 Å². The van der Waals surface area contributed by atoms with Gasteiger partial charge in [0.15, 0.2) is 0 Å². The quantitative estimate of drug-likeness (QED) is 0.693. The molecule has 0 aliphatic carbocycles. The number of aromatic nitrogens is 1. The first kappa shape index (κ1) is 11.9. The van der Waals surface area contributed by atoms with Gasteiger partial charge in [-0.1, -0.05) is 6.07 Å². The van der Waals surface area contributed by atoms with Gasteiger partial charge >= 0.3 is 0 Å². The molecule has 1 aliphatic rings. The van der Waals surface area contributed by atoms with Crippen LogP contribution < -0.4 is 16.2 Å². The number of amides is 1. The molecule has 2 rings (SSSR count). The summed E-state index contributed by atoms with van der Waals surface area (Å²) in [5.41, 5.74) is 0.0692. The molecule has 1 amide bonds. The molecule has 0 aromatic carbocycles. The summed E-state index contributed by atoms with van der Waals surface area (Å²) in [7, 11) is 0. The van der Waals surface area contributed by atoms with Crippen LogP contribution in [0.3, 0.4) is 0 Å². The molecule has 17 heavy (non-hydrogen) atoms. The summed E-state index contributed by atoms with van der Waals surface area (Å²) in [5, 5.41) is 6.11. The highest BCUT2D eigenvalue weighted by Gasteiger charge is 2.14. The van der Waals surface area contributed by atoms with Crippen molar-refractivity contribution in [2.24, 2.45) is 5.92 Å². The van der Waals surface area contributed by atoms with E-state index in [9.17, 15) is 9.59 Å². The van der Waals surface area contributed by atoms with E-state index in [1.165, 1.54) is 12.5 Å². The highest BCUT2D eigenvalue weighted by Crippen LogP contribution is 2.10. The molecule has 0 radical (unpaired) electrons. The molecule has 0 bridgehead atoms. The second kappa shape index (κ2) is 5.63. The Labute approximate surface area is 99.6 Å². The second-order valence-electron chi connectivity index (χ2n) is 4.33. The van der Waals surface area contributed by atoms with Crippen molar-refractivity contribution in [2.45, 2.75) is 12.8 Å². The Morgan fingerprint density at radius 2 is 2.35 bits per heavy atom. The Bertz CT molecular complexity index is 435. The Hall–Kier alpha value is -1.62. The van der Waals surface area contributed by atoms with Gasteiger partial charge in [-0.3, -0.25) is 9.59 Å².